The van der Waals surface area contributed by atoms with Gasteiger partial charge in [-0.3, -0.25) is 0 Å². The van der Waals surface area contributed by atoms with Crippen LogP contribution in [0.15, 0.2) is 23.1 Å². The highest BCUT2D eigenvalue weighted by Gasteiger charge is 2.33. The Morgan fingerprint density at radius 1 is 1.53 bits per heavy atom. The zero-order valence-corrected chi connectivity index (χ0v) is 10.9. The van der Waals surface area contributed by atoms with Crippen LogP contribution in [0.3, 0.4) is 0 Å². The van der Waals surface area contributed by atoms with E-state index in [2.05, 4.69) is 0 Å². The van der Waals surface area contributed by atoms with Crippen molar-refractivity contribution in [2.75, 3.05) is 32.1 Å². The quantitative estimate of drug-likeness (QED) is 0.751. The topological polar surface area (TPSA) is 92.9 Å². The SMILES string of the molecule is Nc1cc(S(=O)(=O)N2CCOCC2CO)ccc1F. The zero-order chi connectivity index (χ0) is 14.0. The summed E-state index contributed by atoms with van der Waals surface area (Å²) in [7, 11) is -3.82. The summed E-state index contributed by atoms with van der Waals surface area (Å²) in [6, 6.07) is 2.61. The van der Waals surface area contributed by atoms with Gasteiger partial charge < -0.3 is 15.6 Å². The molecule has 0 radical (unpaired) electrons. The zero-order valence-electron chi connectivity index (χ0n) is 10.1. The monoisotopic (exact) mass is 290 g/mol. The van der Waals surface area contributed by atoms with Crippen molar-refractivity contribution in [3.8, 4) is 0 Å². The van der Waals surface area contributed by atoms with E-state index in [1.807, 2.05) is 0 Å². The van der Waals surface area contributed by atoms with Gasteiger partial charge in [-0.2, -0.15) is 4.31 Å². The van der Waals surface area contributed by atoms with Gasteiger partial charge in [0.1, 0.15) is 5.82 Å². The summed E-state index contributed by atoms with van der Waals surface area (Å²) in [6.45, 7) is 0.194. The third-order valence-electron chi connectivity index (χ3n) is 2.96. The largest absolute Gasteiger partial charge is 0.396 e. The van der Waals surface area contributed by atoms with Gasteiger partial charge in [0.15, 0.2) is 0 Å². The maximum atomic E-state index is 13.1. The molecule has 1 unspecified atom stereocenters. The fourth-order valence-corrected chi connectivity index (χ4v) is 3.54. The summed E-state index contributed by atoms with van der Waals surface area (Å²) in [5, 5.41) is 9.20. The van der Waals surface area contributed by atoms with E-state index in [0.717, 1.165) is 22.5 Å². The number of rotatable bonds is 3. The van der Waals surface area contributed by atoms with E-state index < -0.39 is 21.9 Å². The van der Waals surface area contributed by atoms with Crippen molar-refractivity contribution in [2.24, 2.45) is 0 Å². The third-order valence-corrected chi connectivity index (χ3v) is 4.91. The number of aliphatic hydroxyl groups excluding tert-OH is 1. The van der Waals surface area contributed by atoms with Gasteiger partial charge in [-0.1, -0.05) is 0 Å². The highest BCUT2D eigenvalue weighted by Crippen LogP contribution is 2.23. The van der Waals surface area contributed by atoms with Gasteiger partial charge >= 0.3 is 0 Å². The highest BCUT2D eigenvalue weighted by atomic mass is 32.2. The van der Waals surface area contributed by atoms with Crippen LogP contribution in [0.2, 0.25) is 0 Å². The van der Waals surface area contributed by atoms with Crippen molar-refractivity contribution in [3.05, 3.63) is 24.0 Å². The average molecular weight is 290 g/mol. The van der Waals surface area contributed by atoms with Crippen molar-refractivity contribution < 1.29 is 22.7 Å². The number of anilines is 1. The number of nitrogen functional groups attached to an aromatic ring is 1. The minimum Gasteiger partial charge on any atom is -0.396 e. The lowest BCUT2D eigenvalue weighted by molar-refractivity contribution is 0.0109. The molecule has 19 heavy (non-hydrogen) atoms. The molecule has 8 heteroatoms. The summed E-state index contributed by atoms with van der Waals surface area (Å²) in [4.78, 5) is -0.0910. The van der Waals surface area contributed by atoms with E-state index in [0.29, 0.717) is 0 Å². The van der Waals surface area contributed by atoms with E-state index in [1.54, 1.807) is 0 Å². The molecule has 1 aromatic carbocycles. The number of ether oxygens (including phenoxy) is 1. The van der Waals surface area contributed by atoms with Crippen LogP contribution in [0.4, 0.5) is 10.1 Å². The first-order valence-electron chi connectivity index (χ1n) is 5.72. The van der Waals surface area contributed by atoms with Gasteiger partial charge in [0.2, 0.25) is 10.0 Å². The summed E-state index contributed by atoms with van der Waals surface area (Å²) >= 11 is 0. The van der Waals surface area contributed by atoms with Crippen LogP contribution in [0.5, 0.6) is 0 Å². The molecule has 1 atom stereocenters. The second kappa shape index (κ2) is 5.41. The van der Waals surface area contributed by atoms with Gasteiger partial charge in [0.05, 0.1) is 36.4 Å². The molecule has 1 heterocycles. The number of halogens is 1. The maximum Gasteiger partial charge on any atom is 0.243 e. The van der Waals surface area contributed by atoms with Crippen LogP contribution in [0.25, 0.3) is 0 Å². The lowest BCUT2D eigenvalue weighted by Gasteiger charge is -2.33. The maximum absolute atomic E-state index is 13.1. The van der Waals surface area contributed by atoms with Crippen molar-refractivity contribution in [3.63, 3.8) is 0 Å². The van der Waals surface area contributed by atoms with Crippen LogP contribution >= 0.6 is 0 Å². The van der Waals surface area contributed by atoms with Crippen LogP contribution < -0.4 is 5.73 Å². The third kappa shape index (κ3) is 2.71. The molecule has 3 N–H and O–H groups in total. The van der Waals surface area contributed by atoms with Gasteiger partial charge in [-0.25, -0.2) is 12.8 Å². The lowest BCUT2D eigenvalue weighted by Crippen LogP contribution is -2.50. The number of nitrogens with two attached hydrogens (primary N) is 1. The molecule has 0 saturated carbocycles. The molecule has 1 aliphatic rings. The summed E-state index contributed by atoms with van der Waals surface area (Å²) < 4.78 is 44.2. The molecule has 1 aliphatic heterocycles. The van der Waals surface area contributed by atoms with Crippen LogP contribution in [-0.2, 0) is 14.8 Å². The average Bonchev–Trinajstić information content (AvgIpc) is 2.41. The van der Waals surface area contributed by atoms with Gasteiger partial charge in [0, 0.05) is 6.54 Å². The van der Waals surface area contributed by atoms with Crippen molar-refractivity contribution in [2.45, 2.75) is 10.9 Å². The molecule has 1 saturated heterocycles. The number of morpholine rings is 1. The van der Waals surface area contributed by atoms with Crippen LogP contribution in [0.1, 0.15) is 0 Å². The Labute approximate surface area is 110 Å². The Kier molecular flexibility index (Phi) is 4.04. The fraction of sp³-hybridized carbons (Fsp3) is 0.455. The first kappa shape index (κ1) is 14.2. The number of aliphatic hydroxyl groups is 1. The van der Waals surface area contributed by atoms with E-state index in [4.69, 9.17) is 10.5 Å². The first-order chi connectivity index (χ1) is 8.96. The second-order valence-electron chi connectivity index (χ2n) is 4.21. The number of hydrogen-bond donors (Lipinski definition) is 2. The predicted molar refractivity (Wildman–Crippen MR) is 66.4 cm³/mol. The highest BCUT2D eigenvalue weighted by molar-refractivity contribution is 7.89. The number of nitrogens with zero attached hydrogens (tertiary/aromatic N) is 1. The Bertz CT molecular complexity index is 564. The van der Waals surface area contributed by atoms with Crippen molar-refractivity contribution in [1.82, 2.24) is 4.31 Å². The molecular weight excluding hydrogens is 275 g/mol. The summed E-state index contributed by atoms with van der Waals surface area (Å²) in [6.07, 6.45) is 0. The second-order valence-corrected chi connectivity index (χ2v) is 6.10. The standard InChI is InChI=1S/C11H15FN2O4S/c12-10-2-1-9(5-11(10)13)19(16,17)14-3-4-18-7-8(14)6-15/h1-2,5,8,15H,3-4,6-7,13H2. The predicted octanol–water partition coefficient (Wildman–Crippen LogP) is -0.210. The number of benzene rings is 1. The number of sulfonamides is 1. The van der Waals surface area contributed by atoms with E-state index >= 15 is 0 Å². The summed E-state index contributed by atoms with van der Waals surface area (Å²) in [5.41, 5.74) is 5.16. The first-order valence-corrected chi connectivity index (χ1v) is 7.16. The molecule has 106 valence electrons. The Morgan fingerprint density at radius 3 is 2.89 bits per heavy atom. The molecule has 0 aliphatic carbocycles. The minimum atomic E-state index is -3.82. The van der Waals surface area contributed by atoms with Crippen LogP contribution in [-0.4, -0.2) is 50.2 Å². The molecule has 6 nitrogen and oxygen atoms in total. The molecule has 1 fully saturated rings. The Balaban J connectivity index is 2.37. The molecular formula is C11H15FN2O4S. The molecule has 0 spiro atoms. The lowest BCUT2D eigenvalue weighted by atomic mass is 10.3. The van der Waals surface area contributed by atoms with Gasteiger partial charge in [-0.05, 0) is 18.2 Å². The Hall–Kier alpha value is -1.22. The summed E-state index contributed by atoms with van der Waals surface area (Å²) in [5.74, 6) is -0.667. The molecule has 1 aromatic rings. The molecule has 0 bridgehead atoms. The minimum absolute atomic E-state index is 0.0910. The molecule has 2 rings (SSSR count). The van der Waals surface area contributed by atoms with E-state index in [1.165, 1.54) is 0 Å². The molecule has 0 aromatic heterocycles. The van der Waals surface area contributed by atoms with Crippen molar-refractivity contribution in [1.29, 1.82) is 0 Å². The van der Waals surface area contributed by atoms with Gasteiger partial charge in [0.25, 0.3) is 0 Å². The molecule has 0 amide bonds. The normalized spacial score (nSPS) is 21.5. The number of hydrogen-bond acceptors (Lipinski definition) is 5. The smallest absolute Gasteiger partial charge is 0.243 e. The Morgan fingerprint density at radius 2 is 2.26 bits per heavy atom. The van der Waals surface area contributed by atoms with Crippen molar-refractivity contribution >= 4 is 15.7 Å². The van der Waals surface area contributed by atoms with Gasteiger partial charge in [-0.15, -0.1) is 0 Å². The van der Waals surface area contributed by atoms with Crippen LogP contribution in [0, 0.1) is 5.82 Å². The fourth-order valence-electron chi connectivity index (χ4n) is 1.92. The van der Waals surface area contributed by atoms with E-state index in [9.17, 15) is 17.9 Å². The van der Waals surface area contributed by atoms with E-state index in [-0.39, 0.29) is 36.9 Å².